The van der Waals surface area contributed by atoms with Crippen molar-refractivity contribution in [3.8, 4) is 0 Å². The van der Waals surface area contributed by atoms with E-state index in [4.69, 9.17) is 28.9 Å². The molecule has 0 aromatic heterocycles. The van der Waals surface area contributed by atoms with Gasteiger partial charge in [0, 0.05) is 11.3 Å². The maximum atomic E-state index is 12.2. The molecule has 0 radical (unpaired) electrons. The van der Waals surface area contributed by atoms with Gasteiger partial charge >= 0.3 is 5.97 Å². The number of carbonyl (C=O) groups is 2. The van der Waals surface area contributed by atoms with Crippen LogP contribution in [-0.2, 0) is 0 Å². The highest BCUT2D eigenvalue weighted by molar-refractivity contribution is 7.80. The van der Waals surface area contributed by atoms with E-state index in [1.807, 2.05) is 12.1 Å². The van der Waals surface area contributed by atoms with Crippen LogP contribution in [0, 0.1) is 0 Å². The van der Waals surface area contributed by atoms with E-state index in [1.54, 1.807) is 18.2 Å². The van der Waals surface area contributed by atoms with Crippen molar-refractivity contribution in [2.24, 2.45) is 0 Å². The van der Waals surface area contributed by atoms with Gasteiger partial charge in [-0.05, 0) is 54.0 Å². The van der Waals surface area contributed by atoms with Crippen molar-refractivity contribution in [2.75, 3.05) is 5.32 Å². The van der Waals surface area contributed by atoms with Gasteiger partial charge in [-0.15, -0.1) is 0 Å². The Hall–Kier alpha value is -2.44. The lowest BCUT2D eigenvalue weighted by atomic mass is 10.0. The molecule has 0 saturated carbocycles. The fourth-order valence-electron chi connectivity index (χ4n) is 2.12. The first kappa shape index (κ1) is 18.9. The first-order valence-electron chi connectivity index (χ1n) is 7.53. The number of rotatable bonds is 4. The number of aromatic carboxylic acids is 1. The number of thiocarbonyl (C=S) groups is 1. The summed E-state index contributed by atoms with van der Waals surface area (Å²) in [5, 5.41) is 14.6. The first-order valence-corrected chi connectivity index (χ1v) is 8.31. The Morgan fingerprint density at radius 2 is 1.76 bits per heavy atom. The largest absolute Gasteiger partial charge is 0.478 e. The molecule has 0 aliphatic heterocycles. The molecule has 0 heterocycles. The Bertz CT molecular complexity index is 820. The van der Waals surface area contributed by atoms with E-state index >= 15 is 0 Å². The summed E-state index contributed by atoms with van der Waals surface area (Å²) in [4.78, 5) is 23.3. The summed E-state index contributed by atoms with van der Waals surface area (Å²) in [7, 11) is 0. The minimum atomic E-state index is -1.14. The van der Waals surface area contributed by atoms with Crippen molar-refractivity contribution in [3.63, 3.8) is 0 Å². The van der Waals surface area contributed by atoms with Crippen LogP contribution in [0.25, 0.3) is 0 Å². The lowest BCUT2D eigenvalue weighted by Crippen LogP contribution is -2.34. The van der Waals surface area contributed by atoms with Crippen LogP contribution < -0.4 is 10.6 Å². The summed E-state index contributed by atoms with van der Waals surface area (Å²) in [6, 6.07) is 11.6. The Balaban J connectivity index is 2.03. The van der Waals surface area contributed by atoms with Crippen LogP contribution in [0.5, 0.6) is 0 Å². The smallest absolute Gasteiger partial charge is 0.337 e. The molecule has 0 fully saturated rings. The molecule has 0 saturated heterocycles. The molecule has 7 heteroatoms. The molecule has 0 spiro atoms. The van der Waals surface area contributed by atoms with Crippen molar-refractivity contribution in [3.05, 3.63) is 64.2 Å². The molecule has 25 heavy (non-hydrogen) atoms. The maximum absolute atomic E-state index is 12.2. The number of amides is 1. The first-order chi connectivity index (χ1) is 11.8. The van der Waals surface area contributed by atoms with Gasteiger partial charge in [-0.25, -0.2) is 4.79 Å². The number of carboxylic acid groups (broad SMARTS) is 1. The second-order valence-electron chi connectivity index (χ2n) is 5.68. The molecule has 2 aromatic rings. The van der Waals surface area contributed by atoms with E-state index in [2.05, 4.69) is 24.5 Å². The Labute approximate surface area is 156 Å². The average Bonchev–Trinajstić information content (AvgIpc) is 2.56. The summed E-state index contributed by atoms with van der Waals surface area (Å²) in [5.41, 5.74) is 1.99. The van der Waals surface area contributed by atoms with E-state index in [-0.39, 0.29) is 21.6 Å². The molecule has 0 atom stereocenters. The number of carboxylic acids is 1. The van der Waals surface area contributed by atoms with Crippen molar-refractivity contribution in [1.82, 2.24) is 5.32 Å². The van der Waals surface area contributed by atoms with Crippen molar-refractivity contribution in [2.45, 2.75) is 19.8 Å². The molecule has 1 amide bonds. The highest BCUT2D eigenvalue weighted by atomic mass is 35.5. The average molecular weight is 377 g/mol. The monoisotopic (exact) mass is 376 g/mol. The van der Waals surface area contributed by atoms with Crippen LogP contribution in [0.2, 0.25) is 5.02 Å². The molecule has 0 bridgehead atoms. The number of benzene rings is 2. The van der Waals surface area contributed by atoms with Gasteiger partial charge in [-0.2, -0.15) is 0 Å². The topological polar surface area (TPSA) is 78.4 Å². The zero-order valence-corrected chi connectivity index (χ0v) is 15.2. The zero-order valence-electron chi connectivity index (χ0n) is 13.7. The zero-order chi connectivity index (χ0) is 18.6. The highest BCUT2D eigenvalue weighted by Gasteiger charge is 2.12. The van der Waals surface area contributed by atoms with Gasteiger partial charge in [-0.3, -0.25) is 10.1 Å². The third kappa shape index (κ3) is 5.01. The van der Waals surface area contributed by atoms with Gasteiger partial charge in [0.05, 0.1) is 10.6 Å². The van der Waals surface area contributed by atoms with Gasteiger partial charge < -0.3 is 10.4 Å². The summed E-state index contributed by atoms with van der Waals surface area (Å²) < 4.78 is 0. The third-order valence-corrected chi connectivity index (χ3v) is 4.05. The van der Waals surface area contributed by atoms with Crippen LogP contribution >= 0.6 is 23.8 Å². The molecule has 2 rings (SSSR count). The lowest BCUT2D eigenvalue weighted by Gasteiger charge is -2.11. The van der Waals surface area contributed by atoms with Gasteiger partial charge in [0.1, 0.15) is 0 Å². The van der Waals surface area contributed by atoms with Crippen LogP contribution in [0.4, 0.5) is 5.69 Å². The SMILES string of the molecule is CC(C)c1ccc(C(=O)NC(=S)Nc2ccc(Cl)c(C(=O)O)c2)cc1. The summed E-state index contributed by atoms with van der Waals surface area (Å²) in [6.07, 6.45) is 0. The van der Waals surface area contributed by atoms with Crippen LogP contribution in [0.3, 0.4) is 0 Å². The third-order valence-electron chi connectivity index (χ3n) is 3.52. The van der Waals surface area contributed by atoms with E-state index in [0.29, 0.717) is 17.2 Å². The summed E-state index contributed by atoms with van der Waals surface area (Å²) in [5.74, 6) is -1.11. The van der Waals surface area contributed by atoms with E-state index < -0.39 is 5.97 Å². The van der Waals surface area contributed by atoms with E-state index in [9.17, 15) is 9.59 Å². The van der Waals surface area contributed by atoms with Gasteiger partial charge in [0.25, 0.3) is 5.91 Å². The number of hydrogen-bond donors (Lipinski definition) is 3. The molecule has 0 aliphatic carbocycles. The number of carbonyl (C=O) groups excluding carboxylic acids is 1. The predicted molar refractivity (Wildman–Crippen MR) is 103 cm³/mol. The molecule has 5 nitrogen and oxygen atoms in total. The molecule has 2 aromatic carbocycles. The highest BCUT2D eigenvalue weighted by Crippen LogP contribution is 2.20. The van der Waals surface area contributed by atoms with Gasteiger partial charge in [0.15, 0.2) is 5.11 Å². The number of nitrogens with one attached hydrogen (secondary N) is 2. The fraction of sp³-hybridized carbons (Fsp3) is 0.167. The second kappa shape index (κ2) is 8.09. The Morgan fingerprint density at radius 1 is 1.12 bits per heavy atom. The number of hydrogen-bond acceptors (Lipinski definition) is 3. The van der Waals surface area contributed by atoms with E-state index in [0.717, 1.165) is 5.56 Å². The lowest BCUT2D eigenvalue weighted by molar-refractivity contribution is 0.0697. The second-order valence-corrected chi connectivity index (χ2v) is 6.50. The van der Waals surface area contributed by atoms with Crippen molar-refractivity contribution in [1.29, 1.82) is 0 Å². The molecule has 0 aliphatic rings. The Morgan fingerprint density at radius 3 is 2.32 bits per heavy atom. The van der Waals surface area contributed by atoms with Gasteiger partial charge in [0.2, 0.25) is 0 Å². The van der Waals surface area contributed by atoms with Crippen LogP contribution in [0.1, 0.15) is 46.0 Å². The number of anilines is 1. The summed E-state index contributed by atoms with van der Waals surface area (Å²) in [6.45, 7) is 4.15. The molecular weight excluding hydrogens is 360 g/mol. The summed E-state index contributed by atoms with van der Waals surface area (Å²) >= 11 is 10.9. The Kier molecular flexibility index (Phi) is 6.12. The minimum absolute atomic E-state index is 0.0509. The molecule has 0 unspecified atom stereocenters. The number of halogens is 1. The predicted octanol–water partition coefficient (Wildman–Crippen LogP) is 4.29. The fourth-order valence-corrected chi connectivity index (χ4v) is 2.53. The molecule has 3 N–H and O–H groups in total. The normalized spacial score (nSPS) is 10.4. The van der Waals surface area contributed by atoms with Crippen molar-refractivity contribution < 1.29 is 14.7 Å². The molecular formula is C18H17ClN2O3S. The standard InChI is InChI=1S/C18H17ClN2O3S/c1-10(2)11-3-5-12(6-4-11)16(22)21-18(25)20-13-7-8-15(19)14(9-13)17(23)24/h3-10H,1-2H3,(H,23,24)(H2,20,21,22,25). The van der Waals surface area contributed by atoms with E-state index in [1.165, 1.54) is 12.1 Å². The van der Waals surface area contributed by atoms with Crippen LogP contribution in [0.15, 0.2) is 42.5 Å². The molecule has 130 valence electrons. The maximum Gasteiger partial charge on any atom is 0.337 e. The van der Waals surface area contributed by atoms with Crippen LogP contribution in [-0.4, -0.2) is 22.1 Å². The van der Waals surface area contributed by atoms with Gasteiger partial charge in [-0.1, -0.05) is 37.6 Å². The minimum Gasteiger partial charge on any atom is -0.478 e. The van der Waals surface area contributed by atoms with Crippen molar-refractivity contribution >= 4 is 46.5 Å². The quantitative estimate of drug-likeness (QED) is 0.694.